The maximum absolute atomic E-state index is 13.2. The lowest BCUT2D eigenvalue weighted by Gasteiger charge is -2.26. The Hall–Kier alpha value is -3.42. The lowest BCUT2D eigenvalue weighted by Crippen LogP contribution is -2.35. The average Bonchev–Trinajstić information content (AvgIpc) is 3.11. The second-order valence-electron chi connectivity index (χ2n) is 9.11. The zero-order valence-electron chi connectivity index (χ0n) is 20.6. The lowest BCUT2D eigenvalue weighted by molar-refractivity contribution is -0.140. The summed E-state index contributed by atoms with van der Waals surface area (Å²) < 4.78 is 6.79. The quantitative estimate of drug-likeness (QED) is 0.234. The molecule has 1 saturated heterocycles. The van der Waals surface area contributed by atoms with Gasteiger partial charge in [0, 0.05) is 23.1 Å². The number of ether oxygens (including phenoxy) is 1. The first-order valence-corrected chi connectivity index (χ1v) is 12.5. The molecule has 3 aromatic rings. The number of aryl methyl sites for hydroxylation is 1. The molecule has 1 fully saturated rings. The molecule has 1 aliphatic rings. The van der Waals surface area contributed by atoms with Crippen molar-refractivity contribution in [2.24, 2.45) is 0 Å². The number of likely N-dealkylation sites (N-methyl/N-ethyl adjacent to an activating group) is 1. The largest absolute Gasteiger partial charge is 0.507 e. The number of ketones is 1. The minimum absolute atomic E-state index is 0.0919. The van der Waals surface area contributed by atoms with E-state index >= 15 is 0 Å². The molecule has 4 rings (SSSR count). The van der Waals surface area contributed by atoms with Crippen LogP contribution in [-0.2, 0) is 16.2 Å². The minimum Gasteiger partial charge on any atom is -0.507 e. The zero-order valence-corrected chi connectivity index (χ0v) is 22.2. The van der Waals surface area contributed by atoms with Crippen LogP contribution >= 0.6 is 15.9 Å². The third kappa shape index (κ3) is 5.53. The van der Waals surface area contributed by atoms with Crippen molar-refractivity contribution in [2.75, 3.05) is 27.2 Å². The Balaban J connectivity index is 1.70. The number of carbonyl (C=O) groups excluding carboxylic acids is 2. The third-order valence-corrected chi connectivity index (χ3v) is 6.67. The van der Waals surface area contributed by atoms with Gasteiger partial charge in [0.25, 0.3) is 11.7 Å². The average molecular weight is 549 g/mol. The van der Waals surface area contributed by atoms with Gasteiger partial charge in [0.1, 0.15) is 18.1 Å². The van der Waals surface area contributed by atoms with Gasteiger partial charge in [-0.05, 0) is 68.0 Å². The summed E-state index contributed by atoms with van der Waals surface area (Å²) >= 11 is 3.48. The summed E-state index contributed by atoms with van der Waals surface area (Å²) in [7, 11) is 3.82. The smallest absolute Gasteiger partial charge is 0.295 e. The van der Waals surface area contributed by atoms with Gasteiger partial charge >= 0.3 is 0 Å². The number of carbonyl (C=O) groups is 2. The van der Waals surface area contributed by atoms with Crippen LogP contribution < -0.4 is 4.74 Å². The molecule has 6 nitrogen and oxygen atoms in total. The fourth-order valence-electron chi connectivity index (χ4n) is 4.29. The predicted octanol–water partition coefficient (Wildman–Crippen LogP) is 5.32. The molecule has 7 heteroatoms. The first-order chi connectivity index (χ1) is 17.3. The molecule has 1 heterocycles. The topological polar surface area (TPSA) is 70.1 Å². The summed E-state index contributed by atoms with van der Waals surface area (Å²) in [6.07, 6.45) is 0. The Morgan fingerprint density at radius 1 is 1.03 bits per heavy atom. The molecule has 186 valence electrons. The number of aliphatic hydroxyl groups is 1. The first kappa shape index (κ1) is 25.7. The standard InChI is InChI=1S/C29H29BrN2O4/c1-19-16-22(12-13-24(19)36-18-20-8-5-4-6-9-20)27(33)25-26(21-10-7-11-23(30)17-21)32(15-14-31(2)3)29(35)28(25)34/h4-13,16-17,26,33H,14-15,18H2,1-3H3/t26-/m1/s1. The first-order valence-electron chi connectivity index (χ1n) is 11.7. The highest BCUT2D eigenvalue weighted by molar-refractivity contribution is 9.10. The molecular formula is C29H29BrN2O4. The van der Waals surface area contributed by atoms with Crippen molar-refractivity contribution in [3.05, 3.63) is 105 Å². The van der Waals surface area contributed by atoms with Crippen LogP contribution in [0.2, 0.25) is 0 Å². The lowest BCUT2D eigenvalue weighted by atomic mass is 9.95. The molecule has 3 aromatic carbocycles. The molecule has 1 aliphatic heterocycles. The van der Waals surface area contributed by atoms with Gasteiger partial charge in [0.2, 0.25) is 0 Å². The van der Waals surface area contributed by atoms with E-state index in [2.05, 4.69) is 15.9 Å². The van der Waals surface area contributed by atoms with Crippen LogP contribution in [-0.4, -0.2) is 53.8 Å². The van der Waals surface area contributed by atoms with Gasteiger partial charge in [-0.15, -0.1) is 0 Å². The van der Waals surface area contributed by atoms with E-state index in [0.29, 0.717) is 31.0 Å². The maximum Gasteiger partial charge on any atom is 0.295 e. The third-order valence-electron chi connectivity index (χ3n) is 6.18. The van der Waals surface area contributed by atoms with Gasteiger partial charge in [0.15, 0.2) is 0 Å². The highest BCUT2D eigenvalue weighted by atomic mass is 79.9. The van der Waals surface area contributed by atoms with Gasteiger partial charge in [-0.1, -0.05) is 58.4 Å². The highest BCUT2D eigenvalue weighted by Crippen LogP contribution is 2.40. The second-order valence-corrected chi connectivity index (χ2v) is 10.0. The van der Waals surface area contributed by atoms with Crippen LogP contribution in [0.25, 0.3) is 5.76 Å². The van der Waals surface area contributed by atoms with Gasteiger partial charge in [-0.3, -0.25) is 9.59 Å². The zero-order chi connectivity index (χ0) is 25.8. The molecule has 0 saturated carbocycles. The van der Waals surface area contributed by atoms with Crippen molar-refractivity contribution in [3.8, 4) is 5.75 Å². The molecule has 1 N–H and O–H groups in total. The molecule has 36 heavy (non-hydrogen) atoms. The number of likely N-dealkylation sites (tertiary alicyclic amines) is 1. The molecule has 0 radical (unpaired) electrons. The Labute approximate surface area is 219 Å². The molecule has 0 aromatic heterocycles. The molecule has 0 spiro atoms. The minimum atomic E-state index is -0.684. The van der Waals surface area contributed by atoms with Crippen molar-refractivity contribution in [3.63, 3.8) is 0 Å². The van der Waals surface area contributed by atoms with Gasteiger partial charge in [-0.2, -0.15) is 0 Å². The van der Waals surface area contributed by atoms with E-state index in [1.807, 2.05) is 80.5 Å². The molecule has 0 unspecified atom stereocenters. The van der Waals surface area contributed by atoms with Crippen LogP contribution in [0.1, 0.15) is 28.3 Å². The van der Waals surface area contributed by atoms with Gasteiger partial charge in [-0.25, -0.2) is 0 Å². The SMILES string of the molecule is Cc1cc(C(O)=C2C(=O)C(=O)N(CCN(C)C)[C@@H]2c2cccc(Br)c2)ccc1OCc1ccccc1. The number of aliphatic hydroxyl groups excluding tert-OH is 1. The van der Waals surface area contributed by atoms with Crippen LogP contribution in [0.3, 0.4) is 0 Å². The Kier molecular flexibility index (Phi) is 7.91. The van der Waals surface area contributed by atoms with Crippen LogP contribution in [0.5, 0.6) is 5.75 Å². The number of rotatable bonds is 8. The summed E-state index contributed by atoms with van der Waals surface area (Å²) in [6.45, 7) is 3.26. The van der Waals surface area contributed by atoms with Crippen LogP contribution in [0.4, 0.5) is 0 Å². The number of benzene rings is 3. The van der Waals surface area contributed by atoms with Crippen molar-refractivity contribution in [1.29, 1.82) is 0 Å². The molecule has 0 bridgehead atoms. The summed E-state index contributed by atoms with van der Waals surface area (Å²) in [6, 6.07) is 21.9. The van der Waals surface area contributed by atoms with Crippen LogP contribution in [0.15, 0.2) is 82.8 Å². The second kappa shape index (κ2) is 11.1. The van der Waals surface area contributed by atoms with E-state index in [1.165, 1.54) is 0 Å². The van der Waals surface area contributed by atoms with E-state index in [1.54, 1.807) is 23.1 Å². The number of hydrogen-bond donors (Lipinski definition) is 1. The van der Waals surface area contributed by atoms with E-state index in [-0.39, 0.29) is 11.3 Å². The van der Waals surface area contributed by atoms with Crippen molar-refractivity contribution >= 4 is 33.4 Å². The normalized spacial score (nSPS) is 17.1. The fraction of sp³-hybridized carbons (Fsp3) is 0.241. The molecule has 1 amide bonds. The van der Waals surface area contributed by atoms with Gasteiger partial charge < -0.3 is 19.6 Å². The van der Waals surface area contributed by atoms with Crippen molar-refractivity contribution in [2.45, 2.75) is 19.6 Å². The van der Waals surface area contributed by atoms with E-state index in [0.717, 1.165) is 21.2 Å². The summed E-state index contributed by atoms with van der Waals surface area (Å²) in [5, 5.41) is 11.3. The van der Waals surface area contributed by atoms with Crippen molar-refractivity contribution in [1.82, 2.24) is 9.80 Å². The maximum atomic E-state index is 13.2. The number of amides is 1. The molecular weight excluding hydrogens is 520 g/mol. The fourth-order valence-corrected chi connectivity index (χ4v) is 4.71. The molecule has 1 atom stereocenters. The number of hydrogen-bond acceptors (Lipinski definition) is 5. The number of nitrogens with zero attached hydrogens (tertiary/aromatic N) is 2. The summed E-state index contributed by atoms with van der Waals surface area (Å²) in [4.78, 5) is 29.7. The number of halogens is 1. The summed E-state index contributed by atoms with van der Waals surface area (Å²) in [5.74, 6) is -0.796. The predicted molar refractivity (Wildman–Crippen MR) is 144 cm³/mol. The van der Waals surface area contributed by atoms with Gasteiger partial charge in [0.05, 0.1) is 11.6 Å². The van der Waals surface area contributed by atoms with Crippen molar-refractivity contribution < 1.29 is 19.4 Å². The number of Topliss-reactive ketones (excluding diaryl/α,β-unsaturated/α-hetero) is 1. The van der Waals surface area contributed by atoms with E-state index in [4.69, 9.17) is 4.74 Å². The Morgan fingerprint density at radius 3 is 2.44 bits per heavy atom. The summed E-state index contributed by atoms with van der Waals surface area (Å²) in [5.41, 5.74) is 3.18. The molecule has 0 aliphatic carbocycles. The highest BCUT2D eigenvalue weighted by Gasteiger charge is 2.45. The van der Waals surface area contributed by atoms with Crippen LogP contribution in [0, 0.1) is 6.92 Å². The Bertz CT molecular complexity index is 1300. The monoisotopic (exact) mass is 548 g/mol. The van der Waals surface area contributed by atoms with E-state index in [9.17, 15) is 14.7 Å². The van der Waals surface area contributed by atoms with E-state index < -0.39 is 17.7 Å². The Morgan fingerprint density at radius 2 is 1.78 bits per heavy atom.